The van der Waals surface area contributed by atoms with Crippen molar-refractivity contribution >= 4 is 45.1 Å². The summed E-state index contributed by atoms with van der Waals surface area (Å²) in [7, 11) is -2.32. The second-order valence-corrected chi connectivity index (χ2v) is 11.4. The predicted molar refractivity (Wildman–Crippen MR) is 145 cm³/mol. The van der Waals surface area contributed by atoms with Crippen LogP contribution in [0.2, 0.25) is 0 Å². The Balaban J connectivity index is 1.37. The Morgan fingerprint density at radius 3 is 2.78 bits per heavy atom. The van der Waals surface area contributed by atoms with E-state index in [1.807, 2.05) is 12.1 Å². The molecule has 0 aliphatic carbocycles. The minimum atomic E-state index is -2.32. The average Bonchev–Trinajstić information content (AvgIpc) is 3.34. The number of morpholine rings is 1. The lowest BCUT2D eigenvalue weighted by Gasteiger charge is -2.29. The topological polar surface area (TPSA) is 125 Å². The van der Waals surface area contributed by atoms with Crippen molar-refractivity contribution in [2.24, 2.45) is 5.10 Å². The lowest BCUT2D eigenvalue weighted by Crippen LogP contribution is -2.37. The van der Waals surface area contributed by atoms with Crippen molar-refractivity contribution in [3.63, 3.8) is 0 Å². The third kappa shape index (κ3) is 5.87. The second-order valence-electron chi connectivity index (χ2n) is 8.87. The van der Waals surface area contributed by atoms with Crippen LogP contribution in [-0.2, 0) is 27.3 Å². The number of rotatable bonds is 6. The van der Waals surface area contributed by atoms with E-state index >= 15 is 0 Å². The van der Waals surface area contributed by atoms with Gasteiger partial charge in [-0.25, -0.2) is 15.2 Å². The van der Waals surface area contributed by atoms with Crippen LogP contribution in [0.5, 0.6) is 0 Å². The van der Waals surface area contributed by atoms with Gasteiger partial charge in [-0.2, -0.15) is 10.1 Å². The number of fused-ring (bicyclic) bond motifs is 1. The zero-order valence-corrected chi connectivity index (χ0v) is 21.3. The number of ether oxygens (including phenoxy) is 1. The number of aromatic nitrogens is 3. The number of amides is 2. The summed E-state index contributed by atoms with van der Waals surface area (Å²) in [5.74, 6) is 4.84. The number of nitrogens with zero attached hydrogens (tertiary/aromatic N) is 6. The number of nitrogens with one attached hydrogen (secondary N) is 2. The first-order valence-electron chi connectivity index (χ1n) is 11.8. The molecule has 11 nitrogen and oxygen atoms in total. The SMILES string of the molecule is C=S(C)(=O)c1cccc(/C=N/Nc2nc3c(c(N4CCOCC4)n2)CN(C(=O)Nc2cccnc2)C3)c1. The van der Waals surface area contributed by atoms with Crippen LogP contribution in [0.25, 0.3) is 0 Å². The van der Waals surface area contributed by atoms with Crippen LogP contribution in [0, 0.1) is 0 Å². The van der Waals surface area contributed by atoms with Gasteiger partial charge in [-0.1, -0.05) is 12.1 Å². The third-order valence-electron chi connectivity index (χ3n) is 6.01. The number of hydrogen-bond donors (Lipinski definition) is 2. The van der Waals surface area contributed by atoms with E-state index < -0.39 is 9.52 Å². The number of hydrazone groups is 1. The number of benzene rings is 1. The predicted octanol–water partition coefficient (Wildman–Crippen LogP) is 2.41. The molecule has 0 spiro atoms. The molecule has 0 radical (unpaired) electrons. The molecule has 192 valence electrons. The number of carbonyl (C=O) groups excluding carboxylic acids is 1. The molecule has 2 N–H and O–H groups in total. The molecule has 3 aromatic rings. The largest absolute Gasteiger partial charge is 0.378 e. The highest BCUT2D eigenvalue weighted by atomic mass is 32.2. The normalized spacial score (nSPS) is 16.9. The molecule has 2 aliphatic rings. The van der Waals surface area contributed by atoms with Crippen LogP contribution in [0.4, 0.5) is 22.2 Å². The zero-order valence-electron chi connectivity index (χ0n) is 20.5. The van der Waals surface area contributed by atoms with Crippen molar-refractivity contribution in [2.45, 2.75) is 18.0 Å². The monoisotopic (exact) mass is 520 g/mol. The van der Waals surface area contributed by atoms with E-state index in [0.29, 0.717) is 55.9 Å². The number of urea groups is 1. The van der Waals surface area contributed by atoms with E-state index in [1.54, 1.807) is 54.0 Å². The number of anilines is 3. The first kappa shape index (κ1) is 24.7. The van der Waals surface area contributed by atoms with Crippen LogP contribution in [0.1, 0.15) is 16.8 Å². The van der Waals surface area contributed by atoms with Gasteiger partial charge in [0.1, 0.15) is 5.82 Å². The first-order valence-corrected chi connectivity index (χ1v) is 13.9. The number of pyridine rings is 1. The Labute approximate surface area is 215 Å². The highest BCUT2D eigenvalue weighted by Gasteiger charge is 2.31. The van der Waals surface area contributed by atoms with Gasteiger partial charge in [0.25, 0.3) is 0 Å². The summed E-state index contributed by atoms with van der Waals surface area (Å²) in [5.41, 5.74) is 6.00. The Hall–Kier alpha value is -4.03. The number of hydrogen-bond acceptors (Lipinski definition) is 9. The molecule has 1 fully saturated rings. The van der Waals surface area contributed by atoms with E-state index in [2.05, 4.69) is 36.6 Å². The Morgan fingerprint density at radius 2 is 2.03 bits per heavy atom. The molecule has 4 heterocycles. The first-order chi connectivity index (χ1) is 17.9. The lowest BCUT2D eigenvalue weighted by atomic mass is 10.2. The molecule has 12 heteroatoms. The lowest BCUT2D eigenvalue weighted by molar-refractivity contribution is 0.122. The highest BCUT2D eigenvalue weighted by molar-refractivity contribution is 7.99. The van der Waals surface area contributed by atoms with E-state index in [4.69, 9.17) is 9.72 Å². The molecule has 0 saturated carbocycles. The number of carbonyl (C=O) groups is 1. The summed E-state index contributed by atoms with van der Waals surface area (Å²) in [5, 5.41) is 7.18. The van der Waals surface area contributed by atoms with Gasteiger partial charge in [-0.15, -0.1) is 0 Å². The summed E-state index contributed by atoms with van der Waals surface area (Å²) in [6.45, 7) is 3.34. The molecule has 1 saturated heterocycles. The Bertz CT molecular complexity index is 1420. The third-order valence-corrected chi connectivity index (χ3v) is 7.26. The Morgan fingerprint density at radius 1 is 1.19 bits per heavy atom. The minimum absolute atomic E-state index is 0.232. The van der Waals surface area contributed by atoms with Crippen LogP contribution >= 0.6 is 0 Å². The van der Waals surface area contributed by atoms with Crippen molar-refractivity contribution < 1.29 is 13.7 Å². The summed E-state index contributed by atoms with van der Waals surface area (Å²) >= 11 is 0. The van der Waals surface area contributed by atoms with Crippen molar-refractivity contribution in [1.82, 2.24) is 19.9 Å². The maximum atomic E-state index is 12.9. The fourth-order valence-electron chi connectivity index (χ4n) is 4.14. The smallest absolute Gasteiger partial charge is 0.322 e. The molecule has 2 amide bonds. The molecule has 1 aromatic carbocycles. The second kappa shape index (κ2) is 10.5. The van der Waals surface area contributed by atoms with Gasteiger partial charge in [0.15, 0.2) is 0 Å². The zero-order chi connectivity index (χ0) is 25.8. The highest BCUT2D eigenvalue weighted by Crippen LogP contribution is 2.31. The maximum Gasteiger partial charge on any atom is 0.322 e. The molecular weight excluding hydrogens is 492 g/mol. The molecule has 0 bridgehead atoms. The van der Waals surface area contributed by atoms with Gasteiger partial charge >= 0.3 is 6.03 Å². The summed E-state index contributed by atoms with van der Waals surface area (Å²) in [6.07, 6.45) is 6.48. The molecule has 2 aromatic heterocycles. The van der Waals surface area contributed by atoms with Gasteiger partial charge < -0.3 is 19.9 Å². The van der Waals surface area contributed by atoms with Crippen molar-refractivity contribution in [3.8, 4) is 0 Å². The fourth-order valence-corrected chi connectivity index (χ4v) is 4.89. The molecule has 2 aliphatic heterocycles. The molecule has 37 heavy (non-hydrogen) atoms. The molecule has 1 unspecified atom stereocenters. The summed E-state index contributed by atoms with van der Waals surface area (Å²) in [4.78, 5) is 30.9. The van der Waals surface area contributed by atoms with E-state index in [0.717, 1.165) is 22.6 Å². The van der Waals surface area contributed by atoms with Crippen molar-refractivity contribution in [3.05, 3.63) is 65.6 Å². The standard InChI is InChI=1S/C25H28N8O3S/c1-37(2,35)20-7-3-5-18(13-20)14-27-31-24-29-22-17-33(25(34)28-19-6-4-8-26-15-19)16-21(22)23(30-24)32-9-11-36-12-10-32/h3-8,13-15H,1,9-12,16-17H2,2H3,(H,28,34)(H,29,30,31)/b27-14+. The molecule has 5 rings (SSSR count). The summed E-state index contributed by atoms with van der Waals surface area (Å²) < 4.78 is 17.8. The van der Waals surface area contributed by atoms with Crippen LogP contribution in [-0.4, -0.2) is 74.7 Å². The summed E-state index contributed by atoms with van der Waals surface area (Å²) in [6, 6.07) is 10.6. The molecule has 1 atom stereocenters. The van der Waals surface area contributed by atoms with Gasteiger partial charge in [0.2, 0.25) is 5.95 Å². The van der Waals surface area contributed by atoms with Gasteiger partial charge in [-0.3, -0.25) is 9.19 Å². The minimum Gasteiger partial charge on any atom is -0.378 e. The van der Waals surface area contributed by atoms with Crippen molar-refractivity contribution in [2.75, 3.05) is 48.2 Å². The van der Waals surface area contributed by atoms with Gasteiger partial charge in [-0.05, 0) is 45.2 Å². The average molecular weight is 521 g/mol. The van der Waals surface area contributed by atoms with Crippen molar-refractivity contribution in [1.29, 1.82) is 0 Å². The van der Waals surface area contributed by atoms with E-state index in [-0.39, 0.29) is 6.03 Å². The van der Waals surface area contributed by atoms with Crippen LogP contribution < -0.4 is 15.6 Å². The van der Waals surface area contributed by atoms with E-state index in [1.165, 1.54) is 0 Å². The van der Waals surface area contributed by atoms with E-state index in [9.17, 15) is 9.00 Å². The van der Waals surface area contributed by atoms with Gasteiger partial charge in [0.05, 0.1) is 50.1 Å². The molecular formula is C25H28N8O3S. The van der Waals surface area contributed by atoms with Crippen LogP contribution in [0.15, 0.2) is 58.8 Å². The Kier molecular flexibility index (Phi) is 7.01. The fraction of sp³-hybridized carbons (Fsp3) is 0.280. The van der Waals surface area contributed by atoms with Gasteiger partial charge in [0, 0.05) is 36.0 Å². The van der Waals surface area contributed by atoms with Crippen LogP contribution in [0.3, 0.4) is 0 Å². The quantitative estimate of drug-likeness (QED) is 0.288. The maximum absolute atomic E-state index is 12.9.